The number of carboxylic acids is 1. The minimum atomic E-state index is -4.01. The maximum atomic E-state index is 12.2. The van der Waals surface area contributed by atoms with Crippen molar-refractivity contribution in [1.29, 1.82) is 0 Å². The number of oxazole rings is 1. The number of ether oxygens (including phenoxy) is 1. The molecule has 0 amide bonds. The molecule has 0 atom stereocenters. The van der Waals surface area contributed by atoms with Crippen LogP contribution in [0.2, 0.25) is 0 Å². The molecule has 0 aliphatic carbocycles. The number of anilines is 1. The first kappa shape index (κ1) is 14.9. The van der Waals surface area contributed by atoms with Crippen LogP contribution in [0, 0.1) is 6.92 Å². The van der Waals surface area contributed by atoms with Gasteiger partial charge in [0.2, 0.25) is 0 Å². The monoisotopic (exact) mass is 312 g/mol. The van der Waals surface area contributed by atoms with Crippen molar-refractivity contribution >= 4 is 22.0 Å². The third-order valence-corrected chi connectivity index (χ3v) is 3.90. The van der Waals surface area contributed by atoms with Crippen LogP contribution in [-0.2, 0) is 10.0 Å². The fourth-order valence-corrected chi connectivity index (χ4v) is 2.68. The second-order valence-electron chi connectivity index (χ2n) is 4.07. The van der Waals surface area contributed by atoms with Crippen LogP contribution in [-0.4, -0.2) is 31.6 Å². The molecule has 0 saturated carbocycles. The molecule has 2 rings (SSSR count). The molecule has 0 saturated heterocycles. The zero-order valence-corrected chi connectivity index (χ0v) is 12.0. The number of rotatable bonds is 5. The number of sulfonamides is 1. The molecule has 0 aliphatic heterocycles. The summed E-state index contributed by atoms with van der Waals surface area (Å²) in [6.07, 6.45) is 1.29. The number of carbonyl (C=O) groups is 1. The number of aromatic nitrogens is 1. The van der Waals surface area contributed by atoms with E-state index >= 15 is 0 Å². The van der Waals surface area contributed by atoms with Gasteiger partial charge in [-0.25, -0.2) is 17.9 Å². The highest BCUT2D eigenvalue weighted by Crippen LogP contribution is 2.26. The maximum absolute atomic E-state index is 12.2. The van der Waals surface area contributed by atoms with E-state index in [2.05, 4.69) is 9.71 Å². The lowest BCUT2D eigenvalue weighted by Crippen LogP contribution is -2.15. The predicted molar refractivity (Wildman–Crippen MR) is 72.0 cm³/mol. The zero-order chi connectivity index (χ0) is 15.6. The van der Waals surface area contributed by atoms with Gasteiger partial charge in [0.1, 0.15) is 16.9 Å². The Balaban J connectivity index is 2.42. The molecule has 8 nitrogen and oxygen atoms in total. The smallest absolute Gasteiger partial charge is 0.335 e. The first-order chi connectivity index (χ1) is 9.83. The molecule has 0 spiro atoms. The zero-order valence-electron chi connectivity index (χ0n) is 11.2. The van der Waals surface area contributed by atoms with E-state index in [0.717, 1.165) is 12.1 Å². The predicted octanol–water partition coefficient (Wildman–Crippen LogP) is 1.49. The maximum Gasteiger partial charge on any atom is 0.335 e. The number of hydrogen-bond acceptors (Lipinski definition) is 6. The van der Waals surface area contributed by atoms with Crippen molar-refractivity contribution in [1.82, 2.24) is 4.98 Å². The van der Waals surface area contributed by atoms with Crippen molar-refractivity contribution in [2.45, 2.75) is 11.8 Å². The van der Waals surface area contributed by atoms with Gasteiger partial charge in [-0.05, 0) is 25.1 Å². The Morgan fingerprint density at radius 3 is 2.67 bits per heavy atom. The lowest BCUT2D eigenvalue weighted by molar-refractivity contribution is 0.0696. The van der Waals surface area contributed by atoms with Crippen LogP contribution in [0.1, 0.15) is 16.1 Å². The molecule has 9 heteroatoms. The minimum Gasteiger partial charge on any atom is -0.495 e. The van der Waals surface area contributed by atoms with Gasteiger partial charge in [0.15, 0.2) is 0 Å². The van der Waals surface area contributed by atoms with E-state index in [0.29, 0.717) is 5.69 Å². The number of methoxy groups -OCH3 is 1. The molecule has 2 aromatic rings. The van der Waals surface area contributed by atoms with Gasteiger partial charge in [0.05, 0.1) is 18.4 Å². The highest BCUT2D eigenvalue weighted by molar-refractivity contribution is 7.92. The molecule has 0 unspecified atom stereocenters. The van der Waals surface area contributed by atoms with Gasteiger partial charge in [0.25, 0.3) is 10.0 Å². The summed E-state index contributed by atoms with van der Waals surface area (Å²) in [5.74, 6) is -1.28. The van der Waals surface area contributed by atoms with E-state index in [4.69, 9.17) is 14.3 Å². The van der Waals surface area contributed by atoms with Crippen LogP contribution in [0.5, 0.6) is 5.75 Å². The van der Waals surface area contributed by atoms with Crippen molar-refractivity contribution < 1.29 is 27.5 Å². The second kappa shape index (κ2) is 5.44. The molecule has 0 bridgehead atoms. The molecule has 21 heavy (non-hydrogen) atoms. The van der Waals surface area contributed by atoms with Crippen LogP contribution >= 0.6 is 0 Å². The van der Waals surface area contributed by atoms with E-state index in [1.54, 1.807) is 6.92 Å². The van der Waals surface area contributed by atoms with Crippen LogP contribution in [0.25, 0.3) is 0 Å². The van der Waals surface area contributed by atoms with Gasteiger partial charge >= 0.3 is 12.0 Å². The Morgan fingerprint density at radius 1 is 1.43 bits per heavy atom. The molecule has 1 aromatic carbocycles. The average Bonchev–Trinajstić information content (AvgIpc) is 2.82. The topological polar surface area (TPSA) is 119 Å². The van der Waals surface area contributed by atoms with Crippen LogP contribution < -0.4 is 9.46 Å². The molecule has 2 N–H and O–H groups in total. The summed E-state index contributed by atoms with van der Waals surface area (Å²) >= 11 is 0. The van der Waals surface area contributed by atoms with Gasteiger partial charge in [-0.1, -0.05) is 0 Å². The van der Waals surface area contributed by atoms with E-state index in [1.807, 2.05) is 0 Å². The Labute approximate surface area is 120 Å². The standard InChI is InChI=1S/C12H12N2O6S/c1-7-6-20-12(13-7)14-21(17,18)10-4-3-8(11(15)16)5-9(10)19-2/h3-6H,1-2H3,(H,13,14)(H,15,16). The van der Waals surface area contributed by atoms with Gasteiger partial charge in [0, 0.05) is 0 Å². The fraction of sp³-hybridized carbons (Fsp3) is 0.167. The van der Waals surface area contributed by atoms with Crippen LogP contribution in [0.3, 0.4) is 0 Å². The summed E-state index contributed by atoms with van der Waals surface area (Å²) in [6, 6.07) is 3.25. The highest BCUT2D eigenvalue weighted by Gasteiger charge is 2.22. The quantitative estimate of drug-likeness (QED) is 0.858. The molecule has 0 aliphatic rings. The number of nitrogens with zero attached hydrogens (tertiary/aromatic N) is 1. The van der Waals surface area contributed by atoms with Gasteiger partial charge in [-0.15, -0.1) is 0 Å². The third kappa shape index (κ3) is 3.14. The van der Waals surface area contributed by atoms with Crippen molar-refractivity contribution in [3.05, 3.63) is 35.7 Å². The Morgan fingerprint density at radius 2 is 2.14 bits per heavy atom. The third-order valence-electron chi connectivity index (χ3n) is 2.54. The summed E-state index contributed by atoms with van der Waals surface area (Å²) in [6.45, 7) is 1.64. The lowest BCUT2D eigenvalue weighted by Gasteiger charge is -2.10. The number of aryl methyl sites for hydroxylation is 1. The van der Waals surface area contributed by atoms with Gasteiger partial charge < -0.3 is 14.3 Å². The first-order valence-electron chi connectivity index (χ1n) is 5.70. The molecule has 0 fully saturated rings. The number of benzene rings is 1. The molecule has 1 aromatic heterocycles. The fourth-order valence-electron chi connectivity index (χ4n) is 1.59. The Hall–Kier alpha value is -2.55. The highest BCUT2D eigenvalue weighted by atomic mass is 32.2. The van der Waals surface area contributed by atoms with E-state index in [-0.39, 0.29) is 22.2 Å². The molecule has 0 radical (unpaired) electrons. The van der Waals surface area contributed by atoms with E-state index in [9.17, 15) is 13.2 Å². The van der Waals surface area contributed by atoms with Crippen molar-refractivity contribution in [2.75, 3.05) is 11.8 Å². The summed E-state index contributed by atoms with van der Waals surface area (Å²) in [5, 5.41) is 8.89. The summed E-state index contributed by atoms with van der Waals surface area (Å²) in [5.41, 5.74) is 0.429. The lowest BCUT2D eigenvalue weighted by atomic mass is 10.2. The van der Waals surface area contributed by atoms with Gasteiger partial charge in [-0.3, -0.25) is 0 Å². The number of aromatic carboxylic acids is 1. The number of hydrogen-bond donors (Lipinski definition) is 2. The van der Waals surface area contributed by atoms with E-state index in [1.165, 1.54) is 19.4 Å². The first-order valence-corrected chi connectivity index (χ1v) is 7.18. The largest absolute Gasteiger partial charge is 0.495 e. The number of carboxylic acid groups (broad SMARTS) is 1. The Bertz CT molecular complexity index is 781. The Kier molecular flexibility index (Phi) is 3.85. The van der Waals surface area contributed by atoms with Crippen LogP contribution in [0.15, 0.2) is 33.8 Å². The molecular formula is C12H12N2O6S. The summed E-state index contributed by atoms with van der Waals surface area (Å²) in [7, 11) is -2.76. The number of nitrogens with one attached hydrogen (secondary N) is 1. The van der Waals surface area contributed by atoms with Crippen molar-refractivity contribution in [2.24, 2.45) is 0 Å². The van der Waals surface area contributed by atoms with Crippen molar-refractivity contribution in [3.8, 4) is 5.75 Å². The summed E-state index contributed by atoms with van der Waals surface area (Å²) < 4.78 is 36.5. The van der Waals surface area contributed by atoms with Gasteiger partial charge in [-0.2, -0.15) is 4.98 Å². The second-order valence-corrected chi connectivity index (χ2v) is 5.72. The van der Waals surface area contributed by atoms with E-state index < -0.39 is 16.0 Å². The molecule has 1 heterocycles. The normalized spacial score (nSPS) is 11.1. The summed E-state index contributed by atoms with van der Waals surface area (Å²) in [4.78, 5) is 14.5. The van der Waals surface area contributed by atoms with Crippen molar-refractivity contribution in [3.63, 3.8) is 0 Å². The van der Waals surface area contributed by atoms with Crippen LogP contribution in [0.4, 0.5) is 6.01 Å². The minimum absolute atomic E-state index is 0.0854. The molecule has 112 valence electrons. The molecular weight excluding hydrogens is 300 g/mol. The average molecular weight is 312 g/mol. The SMILES string of the molecule is COc1cc(C(=O)O)ccc1S(=O)(=O)Nc1nc(C)co1.